The van der Waals surface area contributed by atoms with Gasteiger partial charge in [-0.2, -0.15) is 9.36 Å². The molecule has 1 aromatic heterocycles. The first-order chi connectivity index (χ1) is 8.19. The fraction of sp³-hybridized carbons (Fsp3) is 0.286. The van der Waals surface area contributed by atoms with Crippen LogP contribution >= 0.6 is 23.3 Å². The van der Waals surface area contributed by atoms with Crippen LogP contribution in [0.5, 0.6) is 0 Å². The number of rotatable bonds is 7. The van der Waals surface area contributed by atoms with E-state index in [4.69, 9.17) is 9.94 Å². The molecule has 0 atom stereocenters. The maximum absolute atomic E-state index is 10.9. The van der Waals surface area contributed by atoms with Crippen molar-refractivity contribution >= 4 is 46.5 Å². The zero-order chi connectivity index (χ0) is 12.7. The Labute approximate surface area is 104 Å². The first-order valence-corrected chi connectivity index (χ1v) is 6.32. The van der Waals surface area contributed by atoms with Crippen molar-refractivity contribution in [2.24, 2.45) is 5.16 Å². The predicted octanol–water partition coefficient (Wildman–Crippen LogP) is 0.232. The van der Waals surface area contributed by atoms with Gasteiger partial charge in [0.05, 0.1) is 0 Å². The van der Waals surface area contributed by atoms with E-state index in [0.717, 1.165) is 11.5 Å². The molecule has 0 unspecified atom stereocenters. The number of hydrogen-bond acceptors (Lipinski definition) is 8. The Balaban J connectivity index is 2.85. The van der Waals surface area contributed by atoms with E-state index < -0.39 is 11.7 Å². The van der Waals surface area contributed by atoms with Gasteiger partial charge in [0.25, 0.3) is 0 Å². The standard InChI is InChI=1S/C7H8N4O4S2/c1-16-3-15-10-4(6(13)14)5-9-7(8-2-12)17-11-5/h2H,3H2,1H3,(H,13,14)(H,8,9,11,12). The number of thioether (sulfide) groups is 1. The molecule has 0 aliphatic rings. The number of nitrogens with one attached hydrogen (secondary N) is 1. The molecule has 8 nitrogen and oxygen atoms in total. The molecule has 1 amide bonds. The summed E-state index contributed by atoms with van der Waals surface area (Å²) in [5.41, 5.74) is -0.408. The average Bonchev–Trinajstić information content (AvgIpc) is 2.73. The Morgan fingerprint density at radius 2 is 2.53 bits per heavy atom. The van der Waals surface area contributed by atoms with Crippen molar-refractivity contribution in [3.05, 3.63) is 5.82 Å². The molecular weight excluding hydrogens is 268 g/mol. The number of anilines is 1. The summed E-state index contributed by atoms with van der Waals surface area (Å²) in [7, 11) is 0. The number of carboxylic acids is 1. The number of carbonyl (C=O) groups is 2. The normalized spacial score (nSPS) is 11.0. The molecule has 1 heterocycles. The molecule has 92 valence electrons. The van der Waals surface area contributed by atoms with Gasteiger partial charge in [-0.05, 0) is 6.26 Å². The van der Waals surface area contributed by atoms with Crippen LogP contribution in [0.25, 0.3) is 0 Å². The van der Waals surface area contributed by atoms with Crippen LogP contribution in [0.15, 0.2) is 5.16 Å². The van der Waals surface area contributed by atoms with Gasteiger partial charge >= 0.3 is 5.97 Å². The van der Waals surface area contributed by atoms with Crippen LogP contribution in [0.4, 0.5) is 5.13 Å². The maximum Gasteiger partial charge on any atom is 0.362 e. The van der Waals surface area contributed by atoms with E-state index >= 15 is 0 Å². The third-order valence-corrected chi connectivity index (χ3v) is 2.34. The van der Waals surface area contributed by atoms with Gasteiger partial charge in [0, 0.05) is 11.5 Å². The molecule has 10 heteroatoms. The van der Waals surface area contributed by atoms with E-state index in [0.29, 0.717) is 6.41 Å². The second-order valence-electron chi connectivity index (χ2n) is 2.47. The summed E-state index contributed by atoms with van der Waals surface area (Å²) in [6.45, 7) is 0. The van der Waals surface area contributed by atoms with Gasteiger partial charge in [-0.25, -0.2) is 4.79 Å². The Bertz CT molecular complexity index is 433. The van der Waals surface area contributed by atoms with Crippen molar-refractivity contribution in [3.63, 3.8) is 0 Å². The lowest BCUT2D eigenvalue weighted by molar-refractivity contribution is -0.129. The Morgan fingerprint density at radius 3 is 3.12 bits per heavy atom. The fourth-order valence-corrected chi connectivity index (χ4v) is 1.43. The topological polar surface area (TPSA) is 114 Å². The predicted molar refractivity (Wildman–Crippen MR) is 63.2 cm³/mol. The van der Waals surface area contributed by atoms with Gasteiger partial charge in [0.2, 0.25) is 23.1 Å². The number of oxime groups is 1. The van der Waals surface area contributed by atoms with E-state index in [1.54, 1.807) is 6.26 Å². The van der Waals surface area contributed by atoms with Gasteiger partial charge in [-0.15, -0.1) is 11.8 Å². The number of carboxylic acid groups (broad SMARTS) is 1. The number of hydrogen-bond donors (Lipinski definition) is 2. The first-order valence-electron chi connectivity index (χ1n) is 4.15. The molecule has 0 fully saturated rings. The third-order valence-electron chi connectivity index (χ3n) is 1.35. The Kier molecular flexibility index (Phi) is 5.36. The van der Waals surface area contributed by atoms with Crippen LogP contribution in [0, 0.1) is 0 Å². The van der Waals surface area contributed by atoms with Crippen molar-refractivity contribution in [1.82, 2.24) is 9.36 Å². The van der Waals surface area contributed by atoms with E-state index in [2.05, 4.69) is 19.8 Å². The molecule has 2 N–H and O–H groups in total. The van der Waals surface area contributed by atoms with Crippen LogP contribution < -0.4 is 5.32 Å². The molecule has 1 aromatic rings. The lowest BCUT2D eigenvalue weighted by Crippen LogP contribution is -2.16. The number of carbonyl (C=O) groups excluding carboxylic acids is 1. The van der Waals surface area contributed by atoms with Gasteiger partial charge in [0.15, 0.2) is 5.94 Å². The van der Waals surface area contributed by atoms with Crippen LogP contribution in [-0.2, 0) is 14.4 Å². The zero-order valence-corrected chi connectivity index (χ0v) is 10.2. The molecule has 0 aliphatic carbocycles. The lowest BCUT2D eigenvalue weighted by Gasteiger charge is -1.97. The van der Waals surface area contributed by atoms with E-state index in [1.807, 2.05) is 0 Å². The van der Waals surface area contributed by atoms with Crippen LogP contribution in [-0.4, -0.2) is 44.7 Å². The molecule has 0 spiro atoms. The number of aromatic nitrogens is 2. The van der Waals surface area contributed by atoms with Gasteiger partial charge in [-0.3, -0.25) is 4.79 Å². The number of amides is 1. The fourth-order valence-electron chi connectivity index (χ4n) is 0.748. The van der Waals surface area contributed by atoms with Crippen molar-refractivity contribution in [3.8, 4) is 0 Å². The molecule has 1 rings (SSSR count). The average molecular weight is 276 g/mol. The minimum Gasteiger partial charge on any atom is -0.476 e. The lowest BCUT2D eigenvalue weighted by atomic mass is 10.4. The summed E-state index contributed by atoms with van der Waals surface area (Å²) < 4.78 is 3.75. The van der Waals surface area contributed by atoms with Gasteiger partial charge < -0.3 is 15.3 Å². The van der Waals surface area contributed by atoms with Gasteiger partial charge in [0.1, 0.15) is 0 Å². The molecule has 0 radical (unpaired) electrons. The first kappa shape index (κ1) is 13.4. The summed E-state index contributed by atoms with van der Waals surface area (Å²) in [6, 6.07) is 0. The van der Waals surface area contributed by atoms with Crippen molar-refractivity contribution in [2.45, 2.75) is 0 Å². The van der Waals surface area contributed by atoms with Crippen molar-refractivity contribution in [1.29, 1.82) is 0 Å². The summed E-state index contributed by atoms with van der Waals surface area (Å²) in [5, 5.41) is 14.7. The van der Waals surface area contributed by atoms with Crippen molar-refractivity contribution < 1.29 is 19.5 Å². The molecule has 0 aromatic carbocycles. The quantitative estimate of drug-likeness (QED) is 0.241. The Morgan fingerprint density at radius 1 is 1.76 bits per heavy atom. The largest absolute Gasteiger partial charge is 0.476 e. The molecule has 0 bridgehead atoms. The minimum absolute atomic E-state index is 0.104. The summed E-state index contributed by atoms with van der Waals surface area (Å²) in [4.78, 5) is 29.5. The SMILES string of the molecule is CSCON=C(C(=O)O)c1nsc(NC=O)n1. The van der Waals surface area contributed by atoms with E-state index in [-0.39, 0.29) is 16.9 Å². The molecule has 17 heavy (non-hydrogen) atoms. The molecular formula is C7H8N4O4S2. The van der Waals surface area contributed by atoms with Crippen LogP contribution in [0.3, 0.4) is 0 Å². The summed E-state index contributed by atoms with van der Waals surface area (Å²) >= 11 is 2.20. The highest BCUT2D eigenvalue weighted by atomic mass is 32.2. The van der Waals surface area contributed by atoms with E-state index in [9.17, 15) is 9.59 Å². The highest BCUT2D eigenvalue weighted by Gasteiger charge is 2.19. The Hall–Kier alpha value is -1.68. The molecule has 0 saturated heterocycles. The zero-order valence-electron chi connectivity index (χ0n) is 8.61. The number of nitrogens with zero attached hydrogens (tertiary/aromatic N) is 3. The number of aliphatic carboxylic acids is 1. The summed E-state index contributed by atoms with van der Waals surface area (Å²) in [5.74, 6) is -1.19. The minimum atomic E-state index is -1.30. The van der Waals surface area contributed by atoms with Crippen molar-refractivity contribution in [2.75, 3.05) is 17.5 Å². The highest BCUT2D eigenvalue weighted by Crippen LogP contribution is 2.11. The van der Waals surface area contributed by atoms with Crippen LogP contribution in [0.2, 0.25) is 0 Å². The smallest absolute Gasteiger partial charge is 0.362 e. The van der Waals surface area contributed by atoms with Crippen LogP contribution in [0.1, 0.15) is 5.82 Å². The summed E-state index contributed by atoms with van der Waals surface area (Å²) in [6.07, 6.45) is 2.20. The molecule has 0 saturated carbocycles. The van der Waals surface area contributed by atoms with Gasteiger partial charge in [-0.1, -0.05) is 5.16 Å². The highest BCUT2D eigenvalue weighted by molar-refractivity contribution is 7.98. The monoisotopic (exact) mass is 276 g/mol. The molecule has 0 aliphatic heterocycles. The third kappa shape index (κ3) is 4.00. The second-order valence-corrected chi connectivity index (χ2v) is 4.03. The maximum atomic E-state index is 10.9. The van der Waals surface area contributed by atoms with E-state index in [1.165, 1.54) is 11.8 Å². The second kappa shape index (κ2) is 6.81.